The molecule has 156 valence electrons. The summed E-state index contributed by atoms with van der Waals surface area (Å²) in [7, 11) is 0. The highest BCUT2D eigenvalue weighted by molar-refractivity contribution is 5.63. The van der Waals surface area contributed by atoms with Crippen LogP contribution in [0.3, 0.4) is 0 Å². The molecule has 1 unspecified atom stereocenters. The molecule has 1 saturated carbocycles. The largest absolute Gasteiger partial charge is 0.573 e. The molecule has 0 bridgehead atoms. The van der Waals surface area contributed by atoms with Crippen molar-refractivity contribution in [2.45, 2.75) is 31.7 Å². The minimum Gasteiger partial charge on any atom is -0.406 e. The molecular formula is C22H20F3N3O2. The zero-order valence-electron chi connectivity index (χ0n) is 16.3. The van der Waals surface area contributed by atoms with E-state index < -0.39 is 12.0 Å². The van der Waals surface area contributed by atoms with E-state index in [1.54, 1.807) is 30.7 Å². The molecule has 0 N–H and O–H groups in total. The molecule has 30 heavy (non-hydrogen) atoms. The maximum absolute atomic E-state index is 12.3. The van der Waals surface area contributed by atoms with Crippen LogP contribution in [0.2, 0.25) is 0 Å². The van der Waals surface area contributed by atoms with Gasteiger partial charge in [0, 0.05) is 36.3 Å². The number of nitrogens with zero attached hydrogens (tertiary/aromatic N) is 3. The minimum atomic E-state index is -4.71. The van der Waals surface area contributed by atoms with Gasteiger partial charge in [-0.1, -0.05) is 18.2 Å². The Kier molecular flexibility index (Phi) is 5.42. The third-order valence-corrected chi connectivity index (χ3v) is 5.08. The normalized spacial score (nSPS) is 16.1. The Morgan fingerprint density at radius 3 is 2.13 bits per heavy atom. The monoisotopic (exact) mass is 415 g/mol. The predicted molar refractivity (Wildman–Crippen MR) is 104 cm³/mol. The molecule has 0 aliphatic heterocycles. The number of benzene rings is 1. The van der Waals surface area contributed by atoms with Gasteiger partial charge in [0.05, 0.1) is 5.69 Å². The first-order valence-electron chi connectivity index (χ1n) is 9.64. The van der Waals surface area contributed by atoms with Crippen LogP contribution in [0.15, 0.2) is 61.3 Å². The fraction of sp³-hybridized carbons (Fsp3) is 0.318. The first-order valence-corrected chi connectivity index (χ1v) is 9.64. The highest BCUT2D eigenvalue weighted by atomic mass is 19.4. The Labute approximate surface area is 171 Å². The lowest BCUT2D eigenvalue weighted by Gasteiger charge is -2.33. The van der Waals surface area contributed by atoms with Crippen molar-refractivity contribution in [3.63, 3.8) is 0 Å². The van der Waals surface area contributed by atoms with Crippen molar-refractivity contribution in [3.05, 3.63) is 72.6 Å². The Hall–Kier alpha value is -3.00. The van der Waals surface area contributed by atoms with Gasteiger partial charge >= 0.3 is 6.36 Å². The number of halogens is 3. The molecule has 4 rings (SSSR count). The summed E-state index contributed by atoms with van der Waals surface area (Å²) in [6, 6.07) is 9.50. The molecule has 1 fully saturated rings. The number of rotatable bonds is 7. The molecule has 1 aliphatic rings. The van der Waals surface area contributed by atoms with E-state index >= 15 is 0 Å². The summed E-state index contributed by atoms with van der Waals surface area (Å²) >= 11 is 0. The summed E-state index contributed by atoms with van der Waals surface area (Å²) in [5.41, 5.74) is 2.44. The lowest BCUT2D eigenvalue weighted by atomic mass is 9.86. The number of ether oxygens (including phenoxy) is 2. The van der Waals surface area contributed by atoms with Gasteiger partial charge in [0.2, 0.25) is 0 Å². The summed E-state index contributed by atoms with van der Waals surface area (Å²) in [5.74, 6) is 0.0320. The van der Waals surface area contributed by atoms with Crippen molar-refractivity contribution in [2.24, 2.45) is 5.92 Å². The quantitative estimate of drug-likeness (QED) is 0.536. The second-order valence-corrected chi connectivity index (χ2v) is 7.07. The van der Waals surface area contributed by atoms with Gasteiger partial charge in [-0.15, -0.1) is 13.2 Å². The second-order valence-electron chi connectivity index (χ2n) is 7.07. The van der Waals surface area contributed by atoms with Gasteiger partial charge in [-0.2, -0.15) is 0 Å². The molecule has 0 saturated heterocycles. The lowest BCUT2D eigenvalue weighted by molar-refractivity contribution is -0.274. The van der Waals surface area contributed by atoms with Crippen molar-refractivity contribution in [3.8, 4) is 16.9 Å². The molecule has 5 nitrogen and oxygen atoms in total. The summed E-state index contributed by atoms with van der Waals surface area (Å²) < 4.78 is 47.2. The molecule has 0 radical (unpaired) electrons. The molecule has 1 aromatic carbocycles. The first kappa shape index (κ1) is 20.3. The van der Waals surface area contributed by atoms with Crippen molar-refractivity contribution in [2.75, 3.05) is 6.61 Å². The van der Waals surface area contributed by atoms with Gasteiger partial charge < -0.3 is 9.47 Å². The Bertz CT molecular complexity index is 975. The van der Waals surface area contributed by atoms with Gasteiger partial charge in [-0.05, 0) is 49.4 Å². The summed E-state index contributed by atoms with van der Waals surface area (Å²) in [6.07, 6.45) is 4.05. The number of aromatic nitrogens is 3. The highest BCUT2D eigenvalue weighted by Crippen LogP contribution is 2.51. The molecule has 3 aromatic rings. The van der Waals surface area contributed by atoms with E-state index in [0.717, 1.165) is 35.2 Å². The average molecular weight is 415 g/mol. The van der Waals surface area contributed by atoms with Crippen LogP contribution in [0.4, 0.5) is 13.2 Å². The fourth-order valence-electron chi connectivity index (χ4n) is 3.71. The molecule has 1 atom stereocenters. The molecule has 1 aliphatic carbocycles. The van der Waals surface area contributed by atoms with Crippen LogP contribution in [0.1, 0.15) is 31.0 Å². The smallest absolute Gasteiger partial charge is 0.406 e. The summed E-state index contributed by atoms with van der Waals surface area (Å²) in [5, 5.41) is 0. The maximum atomic E-state index is 12.3. The lowest BCUT2D eigenvalue weighted by Crippen LogP contribution is -2.35. The topological polar surface area (TPSA) is 57.1 Å². The van der Waals surface area contributed by atoms with Crippen LogP contribution in [-0.4, -0.2) is 27.9 Å². The molecule has 8 heteroatoms. The highest BCUT2D eigenvalue weighted by Gasteiger charge is 2.50. The van der Waals surface area contributed by atoms with Crippen molar-refractivity contribution in [1.29, 1.82) is 0 Å². The van der Waals surface area contributed by atoms with Crippen LogP contribution >= 0.6 is 0 Å². The fourth-order valence-corrected chi connectivity index (χ4v) is 3.71. The minimum absolute atomic E-state index is 0.260. The van der Waals surface area contributed by atoms with E-state index in [1.807, 2.05) is 19.1 Å². The van der Waals surface area contributed by atoms with Crippen LogP contribution in [-0.2, 0) is 10.3 Å². The maximum Gasteiger partial charge on any atom is 0.573 e. The Morgan fingerprint density at radius 1 is 0.933 bits per heavy atom. The van der Waals surface area contributed by atoms with Crippen molar-refractivity contribution in [1.82, 2.24) is 15.0 Å². The molecule has 2 heterocycles. The van der Waals surface area contributed by atoms with E-state index in [1.165, 1.54) is 18.5 Å². The van der Waals surface area contributed by atoms with Crippen molar-refractivity contribution < 1.29 is 22.6 Å². The van der Waals surface area contributed by atoms with Gasteiger partial charge in [-0.25, -0.2) is 9.97 Å². The zero-order chi connectivity index (χ0) is 21.2. The third kappa shape index (κ3) is 4.14. The van der Waals surface area contributed by atoms with E-state index in [-0.39, 0.29) is 5.75 Å². The third-order valence-electron chi connectivity index (χ3n) is 5.08. The first-order chi connectivity index (χ1) is 14.4. The number of pyridine rings is 1. The van der Waals surface area contributed by atoms with Crippen molar-refractivity contribution >= 4 is 0 Å². The summed E-state index contributed by atoms with van der Waals surface area (Å²) in [6.45, 7) is 2.45. The standard InChI is InChI=1S/C22H20F3N3O2/c1-2-29-21(17-6-7-17,18-12-26-14-27-13-18)20-10-5-16(11-28-20)15-3-8-19(9-4-15)30-22(23,24)25/h3-5,8-14,17H,2,6-7H2,1H3. The molecule has 0 spiro atoms. The van der Waals surface area contributed by atoms with Gasteiger partial charge in [0.1, 0.15) is 17.7 Å². The second kappa shape index (κ2) is 8.02. The average Bonchev–Trinajstić information content (AvgIpc) is 3.58. The van der Waals surface area contributed by atoms with E-state index in [2.05, 4.69) is 19.7 Å². The SMILES string of the molecule is CCOC(c1cncnc1)(c1ccc(-c2ccc(OC(F)(F)F)cc2)cn1)C1CC1. The number of hydrogen-bond acceptors (Lipinski definition) is 5. The van der Waals surface area contributed by atoms with E-state index in [9.17, 15) is 13.2 Å². The van der Waals surface area contributed by atoms with E-state index in [0.29, 0.717) is 12.5 Å². The van der Waals surface area contributed by atoms with Crippen LogP contribution in [0.5, 0.6) is 5.75 Å². The number of hydrogen-bond donors (Lipinski definition) is 0. The van der Waals surface area contributed by atoms with Gasteiger partial charge in [-0.3, -0.25) is 4.98 Å². The number of alkyl halides is 3. The van der Waals surface area contributed by atoms with Crippen LogP contribution in [0.25, 0.3) is 11.1 Å². The van der Waals surface area contributed by atoms with Gasteiger partial charge in [0.15, 0.2) is 0 Å². The summed E-state index contributed by atoms with van der Waals surface area (Å²) in [4.78, 5) is 13.0. The van der Waals surface area contributed by atoms with E-state index in [4.69, 9.17) is 4.74 Å². The Balaban J connectivity index is 1.64. The zero-order valence-corrected chi connectivity index (χ0v) is 16.3. The Morgan fingerprint density at radius 2 is 1.60 bits per heavy atom. The predicted octanol–water partition coefficient (Wildman–Crippen LogP) is 5.13. The molecule has 2 aromatic heterocycles. The van der Waals surface area contributed by atoms with Gasteiger partial charge in [0.25, 0.3) is 0 Å². The molecular weight excluding hydrogens is 395 g/mol. The molecule has 0 amide bonds. The van der Waals surface area contributed by atoms with Crippen LogP contribution in [0, 0.1) is 5.92 Å². The van der Waals surface area contributed by atoms with Crippen LogP contribution < -0.4 is 4.74 Å².